The van der Waals surface area contributed by atoms with Crippen molar-refractivity contribution in [3.8, 4) is 0 Å². The van der Waals surface area contributed by atoms with Crippen LogP contribution in [0.15, 0.2) is 23.2 Å². The number of anilines is 1. The van der Waals surface area contributed by atoms with Crippen LogP contribution in [0.1, 0.15) is 37.4 Å². The van der Waals surface area contributed by atoms with Crippen molar-refractivity contribution < 1.29 is 17.2 Å². The lowest BCUT2D eigenvalue weighted by atomic mass is 10.2. The molecule has 3 rings (SSSR count). The highest BCUT2D eigenvalue weighted by molar-refractivity contribution is 7.92. The van der Waals surface area contributed by atoms with Gasteiger partial charge in [-0.25, -0.2) is 13.8 Å². The van der Waals surface area contributed by atoms with Crippen molar-refractivity contribution >= 4 is 32.0 Å². The van der Waals surface area contributed by atoms with Crippen LogP contribution in [0.4, 0.5) is 14.5 Å². The highest BCUT2D eigenvalue weighted by Crippen LogP contribution is 2.28. The van der Waals surface area contributed by atoms with Crippen LogP contribution >= 0.6 is 11.3 Å². The van der Waals surface area contributed by atoms with Crippen LogP contribution in [0, 0.1) is 11.6 Å². The Bertz CT molecular complexity index is 1040. The van der Waals surface area contributed by atoms with E-state index in [-0.39, 0.29) is 10.9 Å². The number of rotatable bonds is 5. The maximum absolute atomic E-state index is 13.8. The van der Waals surface area contributed by atoms with Gasteiger partial charge in [0, 0.05) is 12.0 Å². The Morgan fingerprint density at radius 2 is 2.04 bits per heavy atom. The smallest absolute Gasteiger partial charge is 0.275 e. The van der Waals surface area contributed by atoms with E-state index in [0.29, 0.717) is 17.1 Å². The summed E-state index contributed by atoms with van der Waals surface area (Å²) in [5.41, 5.74) is -0.144. The third-order valence-electron chi connectivity index (χ3n) is 3.50. The Labute approximate surface area is 147 Å². The van der Waals surface area contributed by atoms with Crippen LogP contribution in [0.3, 0.4) is 0 Å². The first-order chi connectivity index (χ1) is 11.7. The van der Waals surface area contributed by atoms with Gasteiger partial charge in [-0.3, -0.25) is 4.72 Å². The molecule has 0 aliphatic heterocycles. The molecule has 10 heteroatoms. The summed E-state index contributed by atoms with van der Waals surface area (Å²) < 4.78 is 56.1. The summed E-state index contributed by atoms with van der Waals surface area (Å²) in [6, 6.07) is 2.56. The summed E-state index contributed by atoms with van der Waals surface area (Å²) >= 11 is 1.30. The Balaban J connectivity index is 2.14. The number of fused-ring (bicyclic) bond motifs is 1. The molecule has 0 fully saturated rings. The number of halogens is 2. The molecule has 2 aromatic heterocycles. The topological polar surface area (TPSA) is 76.4 Å². The standard InChI is InChI=1S/C15H16F2N4O2S2/c1-4-11-14(21-15(18-11)24-13(19-21)8(2)3)25(22,23)20-12-7-9(16)5-6-10(12)17/h5-8,20H,4H2,1-3H3. The van der Waals surface area contributed by atoms with Crippen molar-refractivity contribution in [1.29, 1.82) is 0 Å². The molecule has 1 N–H and O–H groups in total. The molecule has 134 valence electrons. The fraction of sp³-hybridized carbons (Fsp3) is 0.333. The first-order valence-electron chi connectivity index (χ1n) is 7.59. The van der Waals surface area contributed by atoms with Crippen molar-refractivity contribution in [2.75, 3.05) is 4.72 Å². The lowest BCUT2D eigenvalue weighted by molar-refractivity contribution is 0.587. The van der Waals surface area contributed by atoms with E-state index in [4.69, 9.17) is 0 Å². The van der Waals surface area contributed by atoms with E-state index >= 15 is 0 Å². The second-order valence-corrected chi connectivity index (χ2v) is 8.32. The van der Waals surface area contributed by atoms with Crippen molar-refractivity contribution in [1.82, 2.24) is 14.6 Å². The number of imidazole rings is 1. The van der Waals surface area contributed by atoms with Gasteiger partial charge < -0.3 is 0 Å². The number of benzene rings is 1. The summed E-state index contributed by atoms with van der Waals surface area (Å²) in [5, 5.41) is 4.89. The molecule has 0 saturated heterocycles. The SMILES string of the molecule is CCc1nc2sc(C(C)C)nn2c1S(=O)(=O)Nc1cc(F)ccc1F. The Hall–Kier alpha value is -2.07. The van der Waals surface area contributed by atoms with Crippen LogP contribution in [0.2, 0.25) is 0 Å². The van der Waals surface area contributed by atoms with E-state index in [1.165, 1.54) is 15.9 Å². The molecule has 3 aromatic rings. The zero-order valence-electron chi connectivity index (χ0n) is 13.7. The van der Waals surface area contributed by atoms with Gasteiger partial charge in [-0.1, -0.05) is 32.1 Å². The van der Waals surface area contributed by atoms with E-state index in [1.807, 2.05) is 13.8 Å². The molecule has 6 nitrogen and oxygen atoms in total. The summed E-state index contributed by atoms with van der Waals surface area (Å²) in [6.45, 7) is 5.64. The molecule has 0 bridgehead atoms. The van der Waals surface area contributed by atoms with Crippen LogP contribution in [-0.4, -0.2) is 23.0 Å². The molecule has 0 spiro atoms. The van der Waals surface area contributed by atoms with E-state index in [0.717, 1.165) is 23.2 Å². The molecule has 25 heavy (non-hydrogen) atoms. The van der Waals surface area contributed by atoms with Crippen LogP contribution in [0.25, 0.3) is 4.96 Å². The lowest BCUT2D eigenvalue weighted by Crippen LogP contribution is -2.18. The number of hydrogen-bond acceptors (Lipinski definition) is 5. The maximum atomic E-state index is 13.8. The summed E-state index contributed by atoms with van der Waals surface area (Å²) in [7, 11) is -4.20. The molecular formula is C15H16F2N4O2S2. The number of hydrogen-bond donors (Lipinski definition) is 1. The first-order valence-corrected chi connectivity index (χ1v) is 9.89. The minimum absolute atomic E-state index is 0.112. The van der Waals surface area contributed by atoms with Crippen molar-refractivity contribution in [3.63, 3.8) is 0 Å². The van der Waals surface area contributed by atoms with Gasteiger partial charge in [-0.2, -0.15) is 18.0 Å². The fourth-order valence-corrected chi connectivity index (χ4v) is 4.66. The lowest BCUT2D eigenvalue weighted by Gasteiger charge is -2.09. The highest BCUT2D eigenvalue weighted by Gasteiger charge is 2.28. The maximum Gasteiger partial charge on any atom is 0.281 e. The number of nitrogens with one attached hydrogen (secondary N) is 1. The molecule has 0 aliphatic rings. The Morgan fingerprint density at radius 1 is 1.32 bits per heavy atom. The van der Waals surface area contributed by atoms with Gasteiger partial charge in [0.1, 0.15) is 16.6 Å². The van der Waals surface area contributed by atoms with E-state index in [2.05, 4.69) is 14.8 Å². The van der Waals surface area contributed by atoms with Crippen LogP contribution in [-0.2, 0) is 16.4 Å². The molecule has 0 aliphatic carbocycles. The molecule has 0 atom stereocenters. The van der Waals surface area contributed by atoms with Gasteiger partial charge in [-0.05, 0) is 18.6 Å². The highest BCUT2D eigenvalue weighted by atomic mass is 32.2. The Morgan fingerprint density at radius 3 is 2.68 bits per heavy atom. The van der Waals surface area contributed by atoms with E-state index < -0.39 is 27.3 Å². The van der Waals surface area contributed by atoms with Gasteiger partial charge in [-0.15, -0.1) is 0 Å². The predicted molar refractivity (Wildman–Crippen MR) is 91.5 cm³/mol. The molecular weight excluding hydrogens is 370 g/mol. The van der Waals surface area contributed by atoms with Gasteiger partial charge in [0.2, 0.25) is 9.99 Å². The second-order valence-electron chi connectivity index (χ2n) is 5.74. The third-order valence-corrected chi connectivity index (χ3v) is 6.12. The fourth-order valence-electron chi connectivity index (χ4n) is 2.29. The predicted octanol–water partition coefficient (Wildman–Crippen LogP) is 3.56. The summed E-state index contributed by atoms with van der Waals surface area (Å²) in [4.78, 5) is 4.76. The van der Waals surface area contributed by atoms with Crippen LogP contribution in [0.5, 0.6) is 0 Å². The minimum Gasteiger partial charge on any atom is -0.275 e. The van der Waals surface area contributed by atoms with E-state index in [9.17, 15) is 17.2 Å². The zero-order chi connectivity index (χ0) is 18.4. The second kappa shape index (κ2) is 6.34. The molecule has 2 heterocycles. The van der Waals surface area contributed by atoms with Crippen molar-refractivity contribution in [2.45, 2.75) is 38.1 Å². The largest absolute Gasteiger partial charge is 0.281 e. The monoisotopic (exact) mass is 386 g/mol. The normalized spacial score (nSPS) is 12.2. The summed E-state index contributed by atoms with van der Waals surface area (Å²) in [6.07, 6.45) is 0.356. The quantitative estimate of drug-likeness (QED) is 0.727. The first kappa shape index (κ1) is 17.7. The molecule has 0 unspecified atom stereocenters. The number of aromatic nitrogens is 3. The van der Waals surface area contributed by atoms with Gasteiger partial charge in [0.15, 0.2) is 0 Å². The van der Waals surface area contributed by atoms with Gasteiger partial charge in [0.05, 0.1) is 11.4 Å². The summed E-state index contributed by atoms with van der Waals surface area (Å²) in [5.74, 6) is -1.50. The number of nitrogens with zero attached hydrogens (tertiary/aromatic N) is 3. The van der Waals surface area contributed by atoms with Crippen molar-refractivity contribution in [2.24, 2.45) is 0 Å². The van der Waals surface area contributed by atoms with Crippen LogP contribution < -0.4 is 4.72 Å². The third kappa shape index (κ3) is 3.23. The van der Waals surface area contributed by atoms with E-state index in [1.54, 1.807) is 6.92 Å². The zero-order valence-corrected chi connectivity index (χ0v) is 15.4. The minimum atomic E-state index is -4.20. The molecule has 0 radical (unpaired) electrons. The number of aryl methyl sites for hydroxylation is 1. The van der Waals surface area contributed by atoms with Gasteiger partial charge in [0.25, 0.3) is 10.0 Å². The Kier molecular flexibility index (Phi) is 4.50. The molecule has 0 saturated carbocycles. The average molecular weight is 386 g/mol. The number of sulfonamides is 1. The van der Waals surface area contributed by atoms with Gasteiger partial charge >= 0.3 is 0 Å². The molecule has 0 amide bonds. The average Bonchev–Trinajstić information content (AvgIpc) is 3.07. The molecule has 1 aromatic carbocycles. The van der Waals surface area contributed by atoms with Crippen molar-refractivity contribution in [3.05, 3.63) is 40.5 Å².